The number of hydrogen-bond acceptors (Lipinski definition) is 3. The van der Waals surface area contributed by atoms with Crippen LogP contribution in [0.4, 0.5) is 0 Å². The highest BCUT2D eigenvalue weighted by atomic mass is 16.6. The van der Waals surface area contributed by atoms with E-state index in [4.69, 9.17) is 9.84 Å². The van der Waals surface area contributed by atoms with Crippen molar-refractivity contribution in [3.8, 4) is 11.8 Å². The van der Waals surface area contributed by atoms with Gasteiger partial charge in [-0.2, -0.15) is 0 Å². The van der Waals surface area contributed by atoms with Crippen molar-refractivity contribution < 1.29 is 19.4 Å². The Labute approximate surface area is 172 Å². The normalized spacial score (nSPS) is 56.2. The molecule has 0 radical (unpaired) electrons. The molecular formula is C25H30O4. The van der Waals surface area contributed by atoms with E-state index in [0.717, 1.165) is 25.2 Å². The molecule has 29 heavy (non-hydrogen) atoms. The molecule has 1 aliphatic heterocycles. The molecule has 1 spiro atoms. The van der Waals surface area contributed by atoms with E-state index in [1.165, 1.54) is 18.4 Å². The van der Waals surface area contributed by atoms with Gasteiger partial charge >= 0.3 is 5.97 Å². The highest BCUT2D eigenvalue weighted by Crippen LogP contribution is 2.85. The van der Waals surface area contributed by atoms with Crippen LogP contribution in [-0.4, -0.2) is 28.1 Å². The first kappa shape index (κ1) is 18.2. The molecule has 4 heteroatoms. The number of carbonyl (C=O) groups is 2. The Hall–Kier alpha value is -1.60. The highest BCUT2D eigenvalue weighted by Gasteiger charge is 2.90. The molecule has 6 aliphatic carbocycles. The van der Waals surface area contributed by atoms with Gasteiger partial charge in [-0.3, -0.25) is 4.79 Å². The van der Waals surface area contributed by atoms with Gasteiger partial charge in [0.25, 0.3) is 0 Å². The largest absolute Gasteiger partial charge is 0.472 e. The second kappa shape index (κ2) is 5.35. The lowest BCUT2D eigenvalue weighted by Gasteiger charge is -2.55. The van der Waals surface area contributed by atoms with Crippen molar-refractivity contribution in [3.63, 3.8) is 0 Å². The Bertz CT molecular complexity index is 923. The number of carboxylic acids is 1. The first-order valence-electron chi connectivity index (χ1n) is 11.6. The number of allylic oxidation sites excluding steroid dienone is 1. The predicted molar refractivity (Wildman–Crippen MR) is 107 cm³/mol. The van der Waals surface area contributed by atoms with Crippen molar-refractivity contribution in [3.05, 3.63) is 11.6 Å². The Morgan fingerprint density at radius 2 is 2.00 bits per heavy atom. The second-order valence-electron chi connectivity index (χ2n) is 10.5. The summed E-state index contributed by atoms with van der Waals surface area (Å²) in [6, 6.07) is 0. The van der Waals surface area contributed by atoms with Gasteiger partial charge in [0.05, 0.1) is 0 Å². The van der Waals surface area contributed by atoms with E-state index in [2.05, 4.69) is 18.8 Å². The minimum Gasteiger partial charge on any atom is -0.472 e. The summed E-state index contributed by atoms with van der Waals surface area (Å²) in [5.41, 5.74) is 1.06. The number of hydrogen-bond donors (Lipinski definition) is 1. The number of fused-ring (bicyclic) bond motifs is 10. The van der Waals surface area contributed by atoms with Crippen LogP contribution >= 0.6 is 0 Å². The van der Waals surface area contributed by atoms with Crippen LogP contribution in [0.2, 0.25) is 0 Å². The van der Waals surface area contributed by atoms with Crippen LogP contribution in [0.25, 0.3) is 0 Å². The number of rotatable bonds is 0. The lowest BCUT2D eigenvalue weighted by atomic mass is 9.49. The molecule has 1 N–H and O–H groups in total. The molecule has 0 aromatic carbocycles. The molecular weight excluding hydrogens is 364 g/mol. The monoisotopic (exact) mass is 394 g/mol. The third-order valence-corrected chi connectivity index (χ3v) is 9.77. The first-order chi connectivity index (χ1) is 13.9. The van der Waals surface area contributed by atoms with E-state index in [1.54, 1.807) is 0 Å². The SMILES string of the molecule is CC.CC12CCC(=O)C=C1C1CC1C1C2CCC23OC2(C#CC(=O)O)C2CC2C13. The maximum absolute atomic E-state index is 12.1. The van der Waals surface area contributed by atoms with Crippen LogP contribution in [0.1, 0.15) is 59.3 Å². The van der Waals surface area contributed by atoms with Crippen molar-refractivity contribution in [1.82, 2.24) is 0 Å². The van der Waals surface area contributed by atoms with Crippen LogP contribution in [0.15, 0.2) is 11.6 Å². The summed E-state index contributed by atoms with van der Waals surface area (Å²) in [4.78, 5) is 23.1. The van der Waals surface area contributed by atoms with E-state index in [1.807, 2.05) is 19.9 Å². The molecule has 6 fully saturated rings. The van der Waals surface area contributed by atoms with Crippen LogP contribution in [0.5, 0.6) is 0 Å². The fourth-order valence-corrected chi connectivity index (χ4v) is 8.75. The Balaban J connectivity index is 0.000000803. The van der Waals surface area contributed by atoms with Crippen LogP contribution in [-0.2, 0) is 14.3 Å². The van der Waals surface area contributed by atoms with E-state index < -0.39 is 11.6 Å². The van der Waals surface area contributed by atoms with Gasteiger partial charge in [0.2, 0.25) is 0 Å². The zero-order chi connectivity index (χ0) is 20.3. The molecule has 4 nitrogen and oxygen atoms in total. The van der Waals surface area contributed by atoms with Crippen LogP contribution in [0.3, 0.4) is 0 Å². The van der Waals surface area contributed by atoms with Gasteiger partial charge in [0.15, 0.2) is 11.4 Å². The molecule has 1 heterocycles. The summed E-state index contributed by atoms with van der Waals surface area (Å²) in [6.07, 6.45) is 8.30. The zero-order valence-electron chi connectivity index (χ0n) is 17.5. The zero-order valence-corrected chi connectivity index (χ0v) is 17.5. The molecule has 7 aliphatic rings. The van der Waals surface area contributed by atoms with Crippen molar-refractivity contribution in [2.45, 2.75) is 70.5 Å². The summed E-state index contributed by atoms with van der Waals surface area (Å²) >= 11 is 0. The van der Waals surface area contributed by atoms with Crippen molar-refractivity contribution in [2.24, 2.45) is 46.8 Å². The fourth-order valence-electron chi connectivity index (χ4n) is 8.75. The molecule has 0 aromatic heterocycles. The highest BCUT2D eigenvalue weighted by molar-refractivity contribution is 5.92. The predicted octanol–water partition coefficient (Wildman–Crippen LogP) is 3.85. The summed E-state index contributed by atoms with van der Waals surface area (Å²) in [7, 11) is 0. The van der Waals surface area contributed by atoms with Crippen molar-refractivity contribution in [1.29, 1.82) is 0 Å². The van der Waals surface area contributed by atoms with E-state index in [9.17, 15) is 9.59 Å². The molecule has 7 rings (SSSR count). The third-order valence-electron chi connectivity index (χ3n) is 9.77. The maximum Gasteiger partial charge on any atom is 0.382 e. The first-order valence-corrected chi connectivity index (χ1v) is 11.6. The number of ketones is 1. The number of carboxylic acid groups (broad SMARTS) is 1. The number of carbonyl (C=O) groups excluding carboxylic acids is 1. The smallest absolute Gasteiger partial charge is 0.382 e. The molecule has 154 valence electrons. The minimum absolute atomic E-state index is 0.153. The molecule has 0 amide bonds. The topological polar surface area (TPSA) is 66.9 Å². The van der Waals surface area contributed by atoms with Gasteiger partial charge in [-0.15, -0.1) is 0 Å². The third kappa shape index (κ3) is 1.97. The summed E-state index contributed by atoms with van der Waals surface area (Å²) in [5.74, 6) is 9.16. The average Bonchev–Trinajstić information content (AvgIpc) is 3.60. The second-order valence-corrected chi connectivity index (χ2v) is 10.5. The standard InChI is InChI=1S/C23H24O4.C2H6/c1-21-5-2-11(24)8-16(21)12-9-13(12)19-15(21)3-6-23-20(19)14-10-17(14)22(23,27-23)7-4-18(25)26;1-2/h8,12-15,17,19-20H,2-3,5-6,9-10H2,1H3,(H,25,26);1-2H3. The average molecular weight is 395 g/mol. The summed E-state index contributed by atoms with van der Waals surface area (Å²) < 4.78 is 6.43. The van der Waals surface area contributed by atoms with Gasteiger partial charge in [-0.05, 0) is 79.1 Å². The van der Waals surface area contributed by atoms with Crippen LogP contribution in [0, 0.1) is 58.7 Å². The van der Waals surface area contributed by atoms with Gasteiger partial charge in [-0.25, -0.2) is 4.79 Å². The molecule has 1 saturated heterocycles. The van der Waals surface area contributed by atoms with Gasteiger partial charge < -0.3 is 9.84 Å². The Kier molecular flexibility index (Phi) is 3.36. The molecule has 0 bridgehead atoms. The van der Waals surface area contributed by atoms with Crippen LogP contribution < -0.4 is 0 Å². The number of ether oxygens (including phenoxy) is 1. The Morgan fingerprint density at radius 3 is 2.76 bits per heavy atom. The molecule has 5 saturated carbocycles. The van der Waals surface area contributed by atoms with E-state index >= 15 is 0 Å². The fraction of sp³-hybridized carbons (Fsp3) is 0.760. The molecule has 0 aromatic rings. The summed E-state index contributed by atoms with van der Waals surface area (Å²) in [5, 5.41) is 9.06. The van der Waals surface area contributed by atoms with Crippen molar-refractivity contribution in [2.75, 3.05) is 0 Å². The minimum atomic E-state index is -1.04. The number of epoxide rings is 1. The van der Waals surface area contributed by atoms with Gasteiger partial charge in [0, 0.05) is 18.3 Å². The quantitative estimate of drug-likeness (QED) is 0.501. The molecule has 10 unspecified atom stereocenters. The van der Waals surface area contributed by atoms with E-state index in [-0.39, 0.29) is 11.0 Å². The summed E-state index contributed by atoms with van der Waals surface area (Å²) in [6.45, 7) is 6.43. The maximum atomic E-state index is 12.1. The lowest BCUT2D eigenvalue weighted by Crippen LogP contribution is -2.52. The lowest BCUT2D eigenvalue weighted by molar-refractivity contribution is -0.130. The van der Waals surface area contributed by atoms with Crippen molar-refractivity contribution >= 4 is 11.8 Å². The molecule has 10 atom stereocenters. The van der Waals surface area contributed by atoms with Gasteiger partial charge in [0.1, 0.15) is 5.60 Å². The van der Waals surface area contributed by atoms with E-state index in [0.29, 0.717) is 47.7 Å². The Morgan fingerprint density at radius 1 is 1.21 bits per heavy atom. The van der Waals surface area contributed by atoms with Gasteiger partial charge in [-0.1, -0.05) is 32.3 Å². The number of aliphatic carboxylic acids is 1.